The molecule has 0 N–H and O–H groups in total. The Morgan fingerprint density at radius 3 is 2.24 bits per heavy atom. The number of carbonyl (C=O) groups is 1. The lowest BCUT2D eigenvalue weighted by Gasteiger charge is -2.37. The topological polar surface area (TPSA) is 72.6 Å². The van der Waals surface area contributed by atoms with E-state index < -0.39 is 0 Å². The molecule has 1 aromatic rings. The Kier molecular flexibility index (Phi) is 11.9. The first-order chi connectivity index (χ1) is 18.4. The van der Waals surface area contributed by atoms with E-state index in [1.54, 1.807) is 9.47 Å². The van der Waals surface area contributed by atoms with Gasteiger partial charge in [0.1, 0.15) is 21.8 Å². The van der Waals surface area contributed by atoms with Crippen molar-refractivity contribution in [2.75, 3.05) is 44.2 Å². The van der Waals surface area contributed by atoms with Gasteiger partial charge in [-0.2, -0.15) is 5.26 Å². The normalized spacial score (nSPS) is 17.6. The van der Waals surface area contributed by atoms with Gasteiger partial charge in [-0.25, -0.2) is 0 Å². The highest BCUT2D eigenvalue weighted by Crippen LogP contribution is 2.36. The summed E-state index contributed by atoms with van der Waals surface area (Å²) in [7, 11) is 0. The van der Waals surface area contributed by atoms with E-state index in [1.807, 2.05) is 13.0 Å². The summed E-state index contributed by atoms with van der Waals surface area (Å²) in [5.41, 5.74) is 1.35. The number of unbranched alkanes of at least 4 members (excludes halogenated alkanes) is 6. The Hall–Kier alpha value is -2.15. The van der Waals surface area contributed by atoms with Crippen LogP contribution in [0, 0.1) is 18.3 Å². The van der Waals surface area contributed by atoms with Gasteiger partial charge < -0.3 is 9.80 Å². The summed E-state index contributed by atoms with van der Waals surface area (Å²) in [6.07, 6.45) is 10.6. The molecule has 38 heavy (non-hydrogen) atoms. The number of aromatic nitrogens is 1. The highest BCUT2D eigenvalue weighted by Gasteiger charge is 2.33. The lowest BCUT2D eigenvalue weighted by atomic mass is 10.0. The van der Waals surface area contributed by atoms with E-state index in [9.17, 15) is 14.9 Å². The van der Waals surface area contributed by atoms with Gasteiger partial charge in [0.25, 0.3) is 11.5 Å². The molecule has 3 heterocycles. The van der Waals surface area contributed by atoms with Crippen LogP contribution >= 0.6 is 24.0 Å². The maximum Gasteiger partial charge on any atom is 0.270 e. The van der Waals surface area contributed by atoms with Gasteiger partial charge in [0.15, 0.2) is 0 Å². The van der Waals surface area contributed by atoms with Gasteiger partial charge in [0.2, 0.25) is 0 Å². The number of anilines is 1. The number of pyridine rings is 1. The SMILES string of the molecule is CCCCCCCCN1C(=O)/C(=C\c2c(C)c(C#N)c(=O)n(CCCC)c2N2CCN(CC)CC2)SC1=S. The first-order valence-electron chi connectivity index (χ1n) is 14.3. The lowest BCUT2D eigenvalue weighted by molar-refractivity contribution is -0.122. The van der Waals surface area contributed by atoms with Crippen LogP contribution < -0.4 is 10.5 Å². The van der Waals surface area contributed by atoms with Crippen LogP contribution in [0.3, 0.4) is 0 Å². The van der Waals surface area contributed by atoms with Crippen molar-refractivity contribution < 1.29 is 4.79 Å². The second-order valence-corrected chi connectivity index (χ2v) is 11.9. The maximum atomic E-state index is 13.5. The molecule has 1 amide bonds. The molecule has 2 aliphatic rings. The Morgan fingerprint density at radius 1 is 0.947 bits per heavy atom. The molecular formula is C29H43N5O2S2. The number of nitriles is 1. The van der Waals surface area contributed by atoms with Gasteiger partial charge in [0.05, 0.1) is 4.91 Å². The van der Waals surface area contributed by atoms with Crippen LogP contribution in [-0.2, 0) is 11.3 Å². The number of thioether (sulfide) groups is 1. The fraction of sp³-hybridized carbons (Fsp3) is 0.655. The minimum atomic E-state index is -0.237. The minimum absolute atomic E-state index is 0.0699. The zero-order valence-corrected chi connectivity index (χ0v) is 25.2. The first kappa shape index (κ1) is 30.4. The summed E-state index contributed by atoms with van der Waals surface area (Å²) in [6, 6.07) is 2.15. The molecule has 0 atom stereocenters. The highest BCUT2D eigenvalue weighted by molar-refractivity contribution is 8.26. The second-order valence-electron chi connectivity index (χ2n) is 10.2. The van der Waals surface area contributed by atoms with Crippen LogP contribution in [0.5, 0.6) is 0 Å². The van der Waals surface area contributed by atoms with Crippen molar-refractivity contribution >= 4 is 46.1 Å². The number of nitrogens with zero attached hydrogens (tertiary/aromatic N) is 5. The largest absolute Gasteiger partial charge is 0.355 e. The smallest absolute Gasteiger partial charge is 0.270 e. The number of amides is 1. The monoisotopic (exact) mass is 557 g/mol. The van der Waals surface area contributed by atoms with Crippen molar-refractivity contribution in [2.24, 2.45) is 0 Å². The molecule has 2 saturated heterocycles. The van der Waals surface area contributed by atoms with E-state index in [0.29, 0.717) is 27.9 Å². The number of piperazine rings is 1. The molecule has 2 aliphatic heterocycles. The summed E-state index contributed by atoms with van der Waals surface area (Å²) in [5, 5.41) is 9.91. The molecule has 0 aliphatic carbocycles. The predicted molar refractivity (Wildman–Crippen MR) is 163 cm³/mol. The zero-order chi connectivity index (χ0) is 27.7. The van der Waals surface area contributed by atoms with E-state index in [-0.39, 0.29) is 17.0 Å². The van der Waals surface area contributed by atoms with Crippen LogP contribution in [0.2, 0.25) is 0 Å². The summed E-state index contributed by atoms with van der Waals surface area (Å²) in [4.78, 5) is 33.9. The second kappa shape index (κ2) is 14.9. The molecule has 0 spiro atoms. The van der Waals surface area contributed by atoms with Gasteiger partial charge in [0, 0.05) is 44.8 Å². The van der Waals surface area contributed by atoms with Gasteiger partial charge in [-0.05, 0) is 37.9 Å². The minimum Gasteiger partial charge on any atom is -0.355 e. The molecule has 0 aromatic carbocycles. The number of hydrogen-bond donors (Lipinski definition) is 0. The van der Waals surface area contributed by atoms with Gasteiger partial charge in [-0.1, -0.05) is 83.3 Å². The van der Waals surface area contributed by atoms with E-state index in [0.717, 1.165) is 69.8 Å². The molecule has 2 fully saturated rings. The van der Waals surface area contributed by atoms with Crippen LogP contribution in [0.4, 0.5) is 5.82 Å². The number of rotatable bonds is 13. The van der Waals surface area contributed by atoms with Crippen LogP contribution in [0.1, 0.15) is 88.8 Å². The summed E-state index contributed by atoms with van der Waals surface area (Å²) >= 11 is 6.93. The first-order valence-corrected chi connectivity index (χ1v) is 15.5. The fourth-order valence-corrected chi connectivity index (χ4v) is 6.45. The predicted octanol–water partition coefficient (Wildman–Crippen LogP) is 5.53. The van der Waals surface area contributed by atoms with E-state index in [2.05, 4.69) is 36.6 Å². The van der Waals surface area contributed by atoms with Crippen LogP contribution in [0.15, 0.2) is 9.70 Å². The average molecular weight is 558 g/mol. The molecule has 208 valence electrons. The highest BCUT2D eigenvalue weighted by atomic mass is 32.2. The molecule has 1 aromatic heterocycles. The Morgan fingerprint density at radius 2 is 1.61 bits per heavy atom. The average Bonchev–Trinajstić information content (AvgIpc) is 3.19. The molecule has 0 unspecified atom stereocenters. The van der Waals surface area contributed by atoms with Gasteiger partial charge in [-0.15, -0.1) is 0 Å². The Balaban J connectivity index is 1.98. The molecule has 9 heteroatoms. The molecule has 0 saturated carbocycles. The van der Waals surface area contributed by atoms with E-state index in [4.69, 9.17) is 12.2 Å². The van der Waals surface area contributed by atoms with Crippen LogP contribution in [0.25, 0.3) is 6.08 Å². The molecule has 3 rings (SSSR count). The Bertz CT molecular complexity index is 1130. The van der Waals surface area contributed by atoms with Crippen LogP contribution in [-0.4, -0.2) is 63.9 Å². The Labute approximate surface area is 237 Å². The van der Waals surface area contributed by atoms with Crippen molar-refractivity contribution in [3.05, 3.63) is 31.9 Å². The summed E-state index contributed by atoms with van der Waals surface area (Å²) in [6.45, 7) is 13.9. The maximum absolute atomic E-state index is 13.5. The van der Waals surface area contributed by atoms with Crippen molar-refractivity contribution in [3.8, 4) is 6.07 Å². The van der Waals surface area contributed by atoms with Gasteiger partial charge >= 0.3 is 0 Å². The quantitative estimate of drug-likeness (QED) is 0.179. The third kappa shape index (κ3) is 7.08. The molecular weight excluding hydrogens is 514 g/mol. The molecule has 0 radical (unpaired) electrons. The summed E-state index contributed by atoms with van der Waals surface area (Å²) in [5.74, 6) is 0.761. The number of carbonyl (C=O) groups excluding carboxylic acids is 1. The van der Waals surface area contributed by atoms with Crippen molar-refractivity contribution in [1.82, 2.24) is 14.4 Å². The van der Waals surface area contributed by atoms with Crippen molar-refractivity contribution in [1.29, 1.82) is 5.26 Å². The van der Waals surface area contributed by atoms with Crippen molar-refractivity contribution in [2.45, 2.75) is 85.6 Å². The number of thiocarbonyl (C=S) groups is 1. The van der Waals surface area contributed by atoms with E-state index >= 15 is 0 Å². The third-order valence-corrected chi connectivity index (χ3v) is 8.96. The lowest BCUT2D eigenvalue weighted by Crippen LogP contribution is -2.48. The zero-order valence-electron chi connectivity index (χ0n) is 23.6. The molecule has 7 nitrogen and oxygen atoms in total. The standard InChI is InChI=1S/C29H43N5O2S2/c1-5-8-10-11-12-13-15-34-28(36)25(38-29(34)37)20-23-22(4)24(21-30)27(35)33(14-9-6-2)26(23)32-18-16-31(7-3)17-19-32/h20H,5-19H2,1-4H3/b25-20+. The fourth-order valence-electron chi connectivity index (χ4n) is 5.16. The molecule has 0 bridgehead atoms. The number of hydrogen-bond acceptors (Lipinski definition) is 7. The van der Waals surface area contributed by atoms with Crippen molar-refractivity contribution in [3.63, 3.8) is 0 Å². The number of likely N-dealkylation sites (N-methyl/N-ethyl adjacent to an activating group) is 1. The summed E-state index contributed by atoms with van der Waals surface area (Å²) < 4.78 is 2.37. The van der Waals surface area contributed by atoms with E-state index in [1.165, 1.54) is 37.4 Å². The van der Waals surface area contributed by atoms with Gasteiger partial charge in [-0.3, -0.25) is 19.1 Å². The third-order valence-electron chi connectivity index (χ3n) is 7.59.